The molecule has 0 saturated heterocycles. The lowest BCUT2D eigenvalue weighted by atomic mass is 10.2. The summed E-state index contributed by atoms with van der Waals surface area (Å²) >= 11 is 1.44. The molecule has 22 heavy (non-hydrogen) atoms. The Kier molecular flexibility index (Phi) is 5.51. The number of hydrogen-bond acceptors (Lipinski definition) is 4. The van der Waals surface area contributed by atoms with Gasteiger partial charge in [-0.25, -0.2) is 18.2 Å². The fraction of sp³-hybridized carbons (Fsp3) is 0.286. The highest BCUT2D eigenvalue weighted by atomic mass is 32.1. The summed E-state index contributed by atoms with van der Waals surface area (Å²) in [5.74, 6) is -5.28. The van der Waals surface area contributed by atoms with Crippen LogP contribution in [0.2, 0.25) is 0 Å². The minimum atomic E-state index is -1.66. The summed E-state index contributed by atoms with van der Waals surface area (Å²) in [6, 6.07) is 1.62. The summed E-state index contributed by atoms with van der Waals surface area (Å²) in [6.07, 6.45) is 0.442. The van der Waals surface area contributed by atoms with Gasteiger partial charge in [-0.1, -0.05) is 0 Å². The lowest BCUT2D eigenvalue weighted by Gasteiger charge is -2.06. The highest BCUT2D eigenvalue weighted by Crippen LogP contribution is 2.15. The van der Waals surface area contributed by atoms with Gasteiger partial charge in [0.25, 0.3) is 5.91 Å². The van der Waals surface area contributed by atoms with Gasteiger partial charge < -0.3 is 10.1 Å². The maximum absolute atomic E-state index is 13.5. The molecule has 0 spiro atoms. The molecule has 118 valence electrons. The van der Waals surface area contributed by atoms with Crippen LogP contribution >= 0.6 is 11.3 Å². The molecule has 4 nitrogen and oxygen atoms in total. The van der Waals surface area contributed by atoms with E-state index in [1.165, 1.54) is 11.3 Å². The van der Waals surface area contributed by atoms with Crippen LogP contribution in [0.15, 0.2) is 17.5 Å². The smallest absolute Gasteiger partial charge is 0.254 e. The SMILES string of the molecule is COCc1nc(CCNC(=O)c2ccc(F)c(F)c2F)cs1. The third-order valence-electron chi connectivity index (χ3n) is 2.81. The molecule has 2 rings (SSSR count). The molecule has 0 aliphatic rings. The first kappa shape index (κ1) is 16.4. The minimum absolute atomic E-state index is 0.202. The Bertz CT molecular complexity index is 676. The number of amides is 1. The van der Waals surface area contributed by atoms with Crippen LogP contribution in [0.25, 0.3) is 0 Å². The lowest BCUT2D eigenvalue weighted by molar-refractivity contribution is 0.0948. The second-order valence-corrected chi connectivity index (χ2v) is 5.34. The molecule has 1 heterocycles. The number of carbonyl (C=O) groups is 1. The van der Waals surface area contributed by atoms with E-state index in [1.54, 1.807) is 7.11 Å². The Balaban J connectivity index is 1.91. The van der Waals surface area contributed by atoms with Gasteiger partial charge in [0.15, 0.2) is 17.5 Å². The Morgan fingerprint density at radius 3 is 2.82 bits per heavy atom. The van der Waals surface area contributed by atoms with Crippen LogP contribution in [0.4, 0.5) is 13.2 Å². The highest BCUT2D eigenvalue weighted by Gasteiger charge is 2.18. The molecule has 0 unspecified atom stereocenters. The quantitative estimate of drug-likeness (QED) is 0.829. The van der Waals surface area contributed by atoms with Gasteiger partial charge in [0.2, 0.25) is 0 Å². The fourth-order valence-electron chi connectivity index (χ4n) is 1.75. The molecule has 0 aliphatic carbocycles. The van der Waals surface area contributed by atoms with E-state index in [0.717, 1.165) is 16.8 Å². The van der Waals surface area contributed by atoms with Crippen molar-refractivity contribution >= 4 is 17.2 Å². The fourth-order valence-corrected chi connectivity index (χ4v) is 2.55. The highest BCUT2D eigenvalue weighted by molar-refractivity contribution is 7.09. The summed E-state index contributed by atoms with van der Waals surface area (Å²) in [6.45, 7) is 0.616. The van der Waals surface area contributed by atoms with E-state index in [9.17, 15) is 18.0 Å². The molecule has 2 aromatic rings. The Labute approximate surface area is 128 Å². The second kappa shape index (κ2) is 7.37. The maximum atomic E-state index is 13.5. The zero-order chi connectivity index (χ0) is 16.1. The number of carbonyl (C=O) groups excluding carboxylic acids is 1. The zero-order valence-electron chi connectivity index (χ0n) is 11.7. The van der Waals surface area contributed by atoms with E-state index in [2.05, 4.69) is 10.3 Å². The van der Waals surface area contributed by atoms with Crippen LogP contribution in [-0.2, 0) is 17.8 Å². The molecule has 1 aromatic heterocycles. The van der Waals surface area contributed by atoms with Gasteiger partial charge in [0, 0.05) is 25.5 Å². The number of hydrogen-bond donors (Lipinski definition) is 1. The normalized spacial score (nSPS) is 10.7. The summed E-state index contributed by atoms with van der Waals surface area (Å²) in [5, 5.41) is 5.09. The van der Waals surface area contributed by atoms with Crippen molar-refractivity contribution in [2.24, 2.45) is 0 Å². The van der Waals surface area contributed by atoms with Crippen molar-refractivity contribution in [2.75, 3.05) is 13.7 Å². The molecular formula is C14H13F3N2O2S. The molecule has 0 bridgehead atoms. The molecule has 0 fully saturated rings. The van der Waals surface area contributed by atoms with E-state index in [0.29, 0.717) is 19.1 Å². The molecule has 1 aromatic carbocycles. The van der Waals surface area contributed by atoms with E-state index < -0.39 is 28.9 Å². The third-order valence-corrected chi connectivity index (χ3v) is 3.68. The van der Waals surface area contributed by atoms with Crippen LogP contribution in [0.1, 0.15) is 21.1 Å². The number of rotatable bonds is 6. The number of ether oxygens (including phenoxy) is 1. The number of nitrogens with one attached hydrogen (secondary N) is 1. The molecular weight excluding hydrogens is 317 g/mol. The Hall–Kier alpha value is -1.93. The van der Waals surface area contributed by atoms with Gasteiger partial charge in [-0.2, -0.15) is 0 Å². The van der Waals surface area contributed by atoms with Gasteiger partial charge in [0.05, 0.1) is 17.9 Å². The van der Waals surface area contributed by atoms with Gasteiger partial charge in [-0.05, 0) is 12.1 Å². The monoisotopic (exact) mass is 330 g/mol. The van der Waals surface area contributed by atoms with Crippen molar-refractivity contribution in [3.63, 3.8) is 0 Å². The van der Waals surface area contributed by atoms with Gasteiger partial charge in [0.1, 0.15) is 5.01 Å². The molecule has 0 aliphatic heterocycles. The number of methoxy groups -OCH3 is 1. The number of benzene rings is 1. The molecule has 0 radical (unpaired) electrons. The zero-order valence-corrected chi connectivity index (χ0v) is 12.5. The van der Waals surface area contributed by atoms with E-state index in [1.807, 2.05) is 5.38 Å². The molecule has 1 amide bonds. The van der Waals surface area contributed by atoms with Crippen molar-refractivity contribution in [1.29, 1.82) is 0 Å². The molecule has 0 saturated carbocycles. The van der Waals surface area contributed by atoms with Gasteiger partial charge >= 0.3 is 0 Å². The Morgan fingerprint density at radius 2 is 2.09 bits per heavy atom. The average molecular weight is 330 g/mol. The van der Waals surface area contributed by atoms with Crippen LogP contribution in [0.5, 0.6) is 0 Å². The molecule has 1 N–H and O–H groups in total. The predicted molar refractivity (Wildman–Crippen MR) is 75.2 cm³/mol. The number of nitrogens with zero attached hydrogens (tertiary/aromatic N) is 1. The van der Waals surface area contributed by atoms with Crippen molar-refractivity contribution in [3.05, 3.63) is 51.2 Å². The minimum Gasteiger partial charge on any atom is -0.378 e. The van der Waals surface area contributed by atoms with Crippen LogP contribution in [-0.4, -0.2) is 24.5 Å². The first-order valence-corrected chi connectivity index (χ1v) is 7.24. The summed E-state index contributed by atoms with van der Waals surface area (Å²) in [7, 11) is 1.57. The van der Waals surface area contributed by atoms with Crippen molar-refractivity contribution in [2.45, 2.75) is 13.0 Å². The molecule has 0 atom stereocenters. The third kappa shape index (κ3) is 3.83. The number of halogens is 3. The lowest BCUT2D eigenvalue weighted by Crippen LogP contribution is -2.27. The van der Waals surface area contributed by atoms with Crippen molar-refractivity contribution in [3.8, 4) is 0 Å². The maximum Gasteiger partial charge on any atom is 0.254 e. The predicted octanol–water partition coefficient (Wildman–Crippen LogP) is 2.68. The van der Waals surface area contributed by atoms with Crippen molar-refractivity contribution in [1.82, 2.24) is 10.3 Å². The number of thiazole rings is 1. The van der Waals surface area contributed by atoms with E-state index >= 15 is 0 Å². The van der Waals surface area contributed by atoms with Crippen LogP contribution < -0.4 is 5.32 Å². The standard InChI is InChI=1S/C14H13F3N2O2S/c1-21-6-11-19-8(7-22-11)4-5-18-14(20)9-2-3-10(15)13(17)12(9)16/h2-3,7H,4-6H2,1H3,(H,18,20). The number of aromatic nitrogens is 1. The first-order valence-electron chi connectivity index (χ1n) is 6.37. The first-order chi connectivity index (χ1) is 10.5. The summed E-state index contributed by atoms with van der Waals surface area (Å²) in [5.41, 5.74) is 0.236. The van der Waals surface area contributed by atoms with Gasteiger partial charge in [-0.15, -0.1) is 11.3 Å². The van der Waals surface area contributed by atoms with E-state index in [-0.39, 0.29) is 6.54 Å². The average Bonchev–Trinajstić information content (AvgIpc) is 2.93. The topological polar surface area (TPSA) is 51.2 Å². The van der Waals surface area contributed by atoms with E-state index in [4.69, 9.17) is 4.74 Å². The van der Waals surface area contributed by atoms with Crippen LogP contribution in [0.3, 0.4) is 0 Å². The summed E-state index contributed by atoms with van der Waals surface area (Å²) in [4.78, 5) is 16.0. The molecule has 8 heteroatoms. The van der Waals surface area contributed by atoms with Gasteiger partial charge in [-0.3, -0.25) is 4.79 Å². The van der Waals surface area contributed by atoms with Crippen LogP contribution in [0, 0.1) is 17.5 Å². The van der Waals surface area contributed by atoms with Crippen molar-refractivity contribution < 1.29 is 22.7 Å². The Morgan fingerprint density at radius 1 is 1.32 bits per heavy atom. The summed E-state index contributed by atoms with van der Waals surface area (Å²) < 4.78 is 44.3. The second-order valence-electron chi connectivity index (χ2n) is 4.39. The largest absolute Gasteiger partial charge is 0.378 e.